The van der Waals surface area contributed by atoms with E-state index in [1.165, 1.54) is 0 Å². The van der Waals surface area contributed by atoms with Crippen LogP contribution in [0.3, 0.4) is 0 Å². The fourth-order valence-electron chi connectivity index (χ4n) is 2.08. The molecule has 0 bridgehead atoms. The lowest BCUT2D eigenvalue weighted by Gasteiger charge is -2.23. The summed E-state index contributed by atoms with van der Waals surface area (Å²) in [6, 6.07) is 6.25. The van der Waals surface area contributed by atoms with Gasteiger partial charge in [0, 0.05) is 11.6 Å². The van der Waals surface area contributed by atoms with Crippen LogP contribution in [0.4, 0.5) is 8.78 Å². The van der Waals surface area contributed by atoms with Crippen LogP contribution in [0.2, 0.25) is 0 Å². The Morgan fingerprint density at radius 2 is 2.10 bits per heavy atom. The Labute approximate surface area is 116 Å². The molecule has 2 atom stereocenters. The van der Waals surface area contributed by atoms with Crippen LogP contribution in [-0.2, 0) is 6.54 Å². The summed E-state index contributed by atoms with van der Waals surface area (Å²) in [5, 5.41) is 13.3. The van der Waals surface area contributed by atoms with E-state index in [2.05, 4.69) is 5.32 Å². The third kappa shape index (κ3) is 3.43. The van der Waals surface area contributed by atoms with Gasteiger partial charge >= 0.3 is 0 Å². The van der Waals surface area contributed by atoms with Gasteiger partial charge in [0.1, 0.15) is 17.4 Å². The van der Waals surface area contributed by atoms with Crippen LogP contribution in [0.1, 0.15) is 30.8 Å². The Balaban J connectivity index is 2.08. The maximum Gasteiger partial charge on any atom is 0.129 e. The number of hydrogen-bond donors (Lipinski definition) is 2. The molecule has 0 amide bonds. The van der Waals surface area contributed by atoms with Crippen molar-refractivity contribution in [1.82, 2.24) is 5.32 Å². The molecule has 0 saturated heterocycles. The highest BCUT2D eigenvalue weighted by molar-refractivity contribution is 5.22. The Kier molecular flexibility index (Phi) is 4.87. The Hall–Kier alpha value is -1.72. The van der Waals surface area contributed by atoms with E-state index < -0.39 is 23.8 Å². The fourth-order valence-corrected chi connectivity index (χ4v) is 2.08. The van der Waals surface area contributed by atoms with E-state index in [0.717, 1.165) is 24.0 Å². The monoisotopic (exact) mass is 281 g/mol. The lowest BCUT2D eigenvalue weighted by Crippen LogP contribution is -2.34. The van der Waals surface area contributed by atoms with Gasteiger partial charge in [0.15, 0.2) is 0 Å². The smallest absolute Gasteiger partial charge is 0.129 e. The van der Waals surface area contributed by atoms with E-state index >= 15 is 0 Å². The van der Waals surface area contributed by atoms with Crippen molar-refractivity contribution >= 4 is 0 Å². The normalized spacial score (nSPS) is 14.2. The molecule has 2 N–H and O–H groups in total. The van der Waals surface area contributed by atoms with Crippen molar-refractivity contribution in [2.45, 2.75) is 32.0 Å². The van der Waals surface area contributed by atoms with E-state index in [0.29, 0.717) is 13.0 Å². The predicted octanol–water partition coefficient (Wildman–Crippen LogP) is 3.16. The number of aliphatic hydroxyl groups is 1. The molecule has 1 heterocycles. The van der Waals surface area contributed by atoms with Crippen molar-refractivity contribution in [3.8, 4) is 0 Å². The molecule has 0 radical (unpaired) electrons. The Morgan fingerprint density at radius 1 is 1.30 bits per heavy atom. The Bertz CT molecular complexity index is 543. The molecule has 20 heavy (non-hydrogen) atoms. The number of hydrogen-bond acceptors (Lipinski definition) is 3. The topological polar surface area (TPSA) is 45.4 Å². The molecule has 2 rings (SSSR count). The number of nitrogens with one attached hydrogen (secondary N) is 1. The van der Waals surface area contributed by atoms with E-state index in [-0.39, 0.29) is 5.56 Å². The molecule has 1 aromatic heterocycles. The van der Waals surface area contributed by atoms with Crippen LogP contribution in [0, 0.1) is 11.6 Å². The molecule has 5 heteroatoms. The van der Waals surface area contributed by atoms with E-state index in [1.807, 2.05) is 6.92 Å². The Morgan fingerprint density at radius 3 is 2.75 bits per heavy atom. The molecule has 0 aliphatic carbocycles. The van der Waals surface area contributed by atoms with Crippen molar-refractivity contribution < 1.29 is 18.3 Å². The second-order valence-electron chi connectivity index (χ2n) is 4.59. The highest BCUT2D eigenvalue weighted by atomic mass is 19.1. The fraction of sp³-hybridized carbons (Fsp3) is 0.333. The molecule has 2 unspecified atom stereocenters. The number of rotatable bonds is 6. The SMILES string of the molecule is CCC(NCc1ccco1)C(O)c1cc(F)ccc1F. The maximum atomic E-state index is 13.7. The minimum Gasteiger partial charge on any atom is -0.468 e. The van der Waals surface area contributed by atoms with Gasteiger partial charge in [-0.15, -0.1) is 0 Å². The molecule has 2 aromatic rings. The lowest BCUT2D eigenvalue weighted by atomic mass is 9.99. The highest BCUT2D eigenvalue weighted by Crippen LogP contribution is 2.23. The summed E-state index contributed by atoms with van der Waals surface area (Å²) in [5.74, 6) is -0.464. The van der Waals surface area contributed by atoms with Gasteiger partial charge < -0.3 is 14.8 Å². The van der Waals surface area contributed by atoms with Gasteiger partial charge in [-0.3, -0.25) is 0 Å². The molecule has 3 nitrogen and oxygen atoms in total. The molecule has 108 valence electrons. The summed E-state index contributed by atoms with van der Waals surface area (Å²) in [6.07, 6.45) is 1.00. The quantitative estimate of drug-likeness (QED) is 0.855. The summed E-state index contributed by atoms with van der Waals surface area (Å²) >= 11 is 0. The van der Waals surface area contributed by atoms with E-state index in [9.17, 15) is 13.9 Å². The third-order valence-electron chi connectivity index (χ3n) is 3.22. The van der Waals surface area contributed by atoms with Crippen molar-refractivity contribution in [2.75, 3.05) is 0 Å². The molecular formula is C15H17F2NO2. The maximum absolute atomic E-state index is 13.7. The molecular weight excluding hydrogens is 264 g/mol. The lowest BCUT2D eigenvalue weighted by molar-refractivity contribution is 0.120. The van der Waals surface area contributed by atoms with Crippen molar-refractivity contribution in [2.24, 2.45) is 0 Å². The van der Waals surface area contributed by atoms with Gasteiger partial charge in [0.2, 0.25) is 0 Å². The molecule has 1 aromatic carbocycles. The average Bonchev–Trinajstić information content (AvgIpc) is 2.95. The molecule has 0 aliphatic rings. The number of aliphatic hydroxyl groups excluding tert-OH is 1. The predicted molar refractivity (Wildman–Crippen MR) is 70.9 cm³/mol. The van der Waals surface area contributed by atoms with E-state index in [1.54, 1.807) is 18.4 Å². The van der Waals surface area contributed by atoms with Crippen LogP contribution >= 0.6 is 0 Å². The second-order valence-corrected chi connectivity index (χ2v) is 4.59. The molecule has 0 fully saturated rings. The van der Waals surface area contributed by atoms with Crippen molar-refractivity contribution in [3.05, 3.63) is 59.6 Å². The zero-order valence-electron chi connectivity index (χ0n) is 11.1. The largest absolute Gasteiger partial charge is 0.468 e. The van der Waals surface area contributed by atoms with Crippen LogP contribution in [-0.4, -0.2) is 11.1 Å². The van der Waals surface area contributed by atoms with Gasteiger partial charge in [-0.2, -0.15) is 0 Å². The molecule has 0 saturated carbocycles. The van der Waals surface area contributed by atoms with Gasteiger partial charge in [-0.1, -0.05) is 6.92 Å². The van der Waals surface area contributed by atoms with Gasteiger partial charge in [0.05, 0.1) is 18.9 Å². The van der Waals surface area contributed by atoms with Crippen LogP contribution in [0.15, 0.2) is 41.0 Å². The van der Waals surface area contributed by atoms with Gasteiger partial charge in [-0.05, 0) is 36.8 Å². The minimum atomic E-state index is -1.12. The standard InChI is InChI=1S/C15H17F2NO2/c1-2-14(18-9-11-4-3-7-20-11)15(19)12-8-10(16)5-6-13(12)17/h3-8,14-15,18-19H,2,9H2,1H3. The number of furan rings is 1. The molecule has 0 aliphatic heterocycles. The average molecular weight is 281 g/mol. The number of halogens is 2. The summed E-state index contributed by atoms with van der Waals surface area (Å²) in [5.41, 5.74) is -0.0382. The summed E-state index contributed by atoms with van der Waals surface area (Å²) in [6.45, 7) is 2.28. The summed E-state index contributed by atoms with van der Waals surface area (Å²) in [7, 11) is 0. The highest BCUT2D eigenvalue weighted by Gasteiger charge is 2.22. The van der Waals surface area contributed by atoms with Crippen LogP contribution in [0.25, 0.3) is 0 Å². The first-order valence-electron chi connectivity index (χ1n) is 6.50. The van der Waals surface area contributed by atoms with Crippen molar-refractivity contribution in [1.29, 1.82) is 0 Å². The first-order chi connectivity index (χ1) is 9.61. The van der Waals surface area contributed by atoms with Crippen LogP contribution < -0.4 is 5.32 Å². The summed E-state index contributed by atoms with van der Waals surface area (Å²) < 4.78 is 32.0. The van der Waals surface area contributed by atoms with Gasteiger partial charge in [-0.25, -0.2) is 8.78 Å². The van der Waals surface area contributed by atoms with Gasteiger partial charge in [0.25, 0.3) is 0 Å². The zero-order valence-corrected chi connectivity index (χ0v) is 11.1. The summed E-state index contributed by atoms with van der Waals surface area (Å²) in [4.78, 5) is 0. The third-order valence-corrected chi connectivity index (χ3v) is 3.22. The van der Waals surface area contributed by atoms with Crippen LogP contribution in [0.5, 0.6) is 0 Å². The first-order valence-corrected chi connectivity index (χ1v) is 6.50. The molecule has 0 spiro atoms. The first kappa shape index (κ1) is 14.7. The second kappa shape index (κ2) is 6.63. The zero-order chi connectivity index (χ0) is 14.5. The van der Waals surface area contributed by atoms with E-state index in [4.69, 9.17) is 4.42 Å². The van der Waals surface area contributed by atoms with Crippen molar-refractivity contribution in [3.63, 3.8) is 0 Å². The number of benzene rings is 1. The minimum absolute atomic E-state index is 0.0382.